The number of hydrogen-bond donors (Lipinski definition) is 2. The first-order chi connectivity index (χ1) is 15.1. The van der Waals surface area contributed by atoms with E-state index in [-0.39, 0.29) is 24.2 Å². The molecule has 0 fully saturated rings. The summed E-state index contributed by atoms with van der Waals surface area (Å²) < 4.78 is 0. The highest BCUT2D eigenvalue weighted by molar-refractivity contribution is 6.33. The lowest BCUT2D eigenvalue weighted by Crippen LogP contribution is -2.35. The molecule has 2 amide bonds. The van der Waals surface area contributed by atoms with Gasteiger partial charge in [-0.2, -0.15) is 0 Å². The highest BCUT2D eigenvalue weighted by atomic mass is 35.5. The highest BCUT2D eigenvalue weighted by Gasteiger charge is 2.21. The average Bonchev–Trinajstić information content (AvgIpc) is 2.80. The van der Waals surface area contributed by atoms with Gasteiger partial charge in [-0.25, -0.2) is 0 Å². The molecule has 0 aliphatic heterocycles. The summed E-state index contributed by atoms with van der Waals surface area (Å²) >= 11 is 6.17. The van der Waals surface area contributed by atoms with Crippen LogP contribution in [0.5, 0.6) is 0 Å². The summed E-state index contributed by atoms with van der Waals surface area (Å²) in [4.78, 5) is 25.6. The smallest absolute Gasteiger partial charge is 0.253 e. The quantitative estimate of drug-likeness (QED) is 0.466. The van der Waals surface area contributed by atoms with Gasteiger partial charge in [0.2, 0.25) is 5.91 Å². The van der Waals surface area contributed by atoms with Gasteiger partial charge in [0.05, 0.1) is 23.0 Å². The summed E-state index contributed by atoms with van der Waals surface area (Å²) in [5.41, 5.74) is 2.46. The van der Waals surface area contributed by atoms with Crippen LogP contribution in [0, 0.1) is 0 Å². The SMILES string of the molecule is CCC(CNC(=O)CC(NC(=O)c1ccccc1Cl)c1ccccc1)c1ccccc1. The standard InChI is InChI=1S/C26H27ClN2O2/c1-2-19(20-11-5-3-6-12-20)18-28-25(30)17-24(21-13-7-4-8-14-21)29-26(31)22-15-9-10-16-23(22)27/h3-16,19,24H,2,17-18H2,1H3,(H,28,30)(H,29,31). The Morgan fingerprint density at radius 1 is 0.839 bits per heavy atom. The Kier molecular flexibility index (Phi) is 8.25. The molecule has 5 heteroatoms. The van der Waals surface area contributed by atoms with Gasteiger partial charge in [-0.3, -0.25) is 9.59 Å². The van der Waals surface area contributed by atoms with E-state index in [4.69, 9.17) is 11.6 Å². The van der Waals surface area contributed by atoms with Crippen LogP contribution in [0.1, 0.15) is 53.2 Å². The first-order valence-corrected chi connectivity index (χ1v) is 10.9. The second kappa shape index (κ2) is 11.3. The third kappa shape index (κ3) is 6.43. The lowest BCUT2D eigenvalue weighted by atomic mass is 9.96. The van der Waals surface area contributed by atoms with Gasteiger partial charge in [-0.05, 0) is 29.7 Å². The van der Waals surface area contributed by atoms with E-state index >= 15 is 0 Å². The molecule has 2 N–H and O–H groups in total. The minimum absolute atomic E-state index is 0.109. The van der Waals surface area contributed by atoms with Crippen LogP contribution in [-0.2, 0) is 4.79 Å². The third-order valence-electron chi connectivity index (χ3n) is 5.32. The van der Waals surface area contributed by atoms with Crippen molar-refractivity contribution in [1.82, 2.24) is 10.6 Å². The van der Waals surface area contributed by atoms with Crippen molar-refractivity contribution in [2.24, 2.45) is 0 Å². The fraction of sp³-hybridized carbons (Fsp3) is 0.231. The van der Waals surface area contributed by atoms with E-state index in [1.807, 2.05) is 48.5 Å². The number of carbonyl (C=O) groups is 2. The van der Waals surface area contributed by atoms with Crippen LogP contribution in [0.15, 0.2) is 84.9 Å². The van der Waals surface area contributed by atoms with Crippen molar-refractivity contribution in [2.45, 2.75) is 31.7 Å². The van der Waals surface area contributed by atoms with Gasteiger partial charge in [0.15, 0.2) is 0 Å². The molecule has 0 saturated carbocycles. The molecule has 0 radical (unpaired) electrons. The first kappa shape index (κ1) is 22.6. The molecule has 0 heterocycles. The molecule has 0 aromatic heterocycles. The van der Waals surface area contributed by atoms with Gasteiger partial charge in [0.1, 0.15) is 0 Å². The van der Waals surface area contributed by atoms with Crippen molar-refractivity contribution in [3.8, 4) is 0 Å². The number of benzene rings is 3. The Balaban J connectivity index is 1.68. The number of amides is 2. The van der Waals surface area contributed by atoms with Gasteiger partial charge < -0.3 is 10.6 Å². The Labute approximate surface area is 188 Å². The van der Waals surface area contributed by atoms with Crippen LogP contribution in [0.2, 0.25) is 5.02 Å². The van der Waals surface area contributed by atoms with Crippen LogP contribution in [0.4, 0.5) is 0 Å². The largest absolute Gasteiger partial charge is 0.355 e. The molecule has 4 nitrogen and oxygen atoms in total. The van der Waals surface area contributed by atoms with Crippen LogP contribution in [0.3, 0.4) is 0 Å². The van der Waals surface area contributed by atoms with E-state index in [0.29, 0.717) is 17.1 Å². The summed E-state index contributed by atoms with van der Waals surface area (Å²) in [6.07, 6.45) is 1.07. The molecule has 0 aliphatic carbocycles. The Hall–Kier alpha value is -3.11. The maximum absolute atomic E-state index is 12.8. The van der Waals surface area contributed by atoms with Crippen molar-refractivity contribution < 1.29 is 9.59 Å². The van der Waals surface area contributed by atoms with Crippen molar-refractivity contribution >= 4 is 23.4 Å². The minimum Gasteiger partial charge on any atom is -0.355 e. The first-order valence-electron chi connectivity index (χ1n) is 10.5. The molecule has 2 unspecified atom stereocenters. The Morgan fingerprint density at radius 2 is 1.42 bits per heavy atom. The number of carbonyl (C=O) groups excluding carboxylic acids is 2. The van der Waals surface area contributed by atoms with E-state index in [9.17, 15) is 9.59 Å². The predicted molar refractivity (Wildman–Crippen MR) is 125 cm³/mol. The van der Waals surface area contributed by atoms with Crippen LogP contribution in [0.25, 0.3) is 0 Å². The molecule has 3 aromatic carbocycles. The van der Waals surface area contributed by atoms with E-state index in [1.165, 1.54) is 5.56 Å². The summed E-state index contributed by atoms with van der Waals surface area (Å²) in [5.74, 6) is -0.163. The molecule has 31 heavy (non-hydrogen) atoms. The van der Waals surface area contributed by atoms with Gasteiger partial charge in [0.25, 0.3) is 5.91 Å². The van der Waals surface area contributed by atoms with Crippen molar-refractivity contribution in [3.05, 3.63) is 107 Å². The van der Waals surface area contributed by atoms with Gasteiger partial charge >= 0.3 is 0 Å². The molecular weight excluding hydrogens is 408 g/mol. The monoisotopic (exact) mass is 434 g/mol. The van der Waals surface area contributed by atoms with Crippen molar-refractivity contribution in [3.63, 3.8) is 0 Å². The van der Waals surface area contributed by atoms with Crippen LogP contribution >= 0.6 is 11.6 Å². The number of rotatable bonds is 9. The number of hydrogen-bond acceptors (Lipinski definition) is 2. The normalized spacial score (nSPS) is 12.6. The highest BCUT2D eigenvalue weighted by Crippen LogP contribution is 2.21. The second-order valence-electron chi connectivity index (χ2n) is 7.44. The predicted octanol–water partition coefficient (Wildman–Crippen LogP) is 5.51. The third-order valence-corrected chi connectivity index (χ3v) is 5.65. The van der Waals surface area contributed by atoms with E-state index in [0.717, 1.165) is 12.0 Å². The lowest BCUT2D eigenvalue weighted by molar-refractivity contribution is -0.121. The van der Waals surface area contributed by atoms with E-state index in [1.54, 1.807) is 24.3 Å². The minimum atomic E-state index is -0.457. The number of nitrogens with one attached hydrogen (secondary N) is 2. The summed E-state index contributed by atoms with van der Waals surface area (Å²) in [5, 5.41) is 6.39. The zero-order valence-electron chi connectivity index (χ0n) is 17.6. The van der Waals surface area contributed by atoms with E-state index < -0.39 is 6.04 Å². The molecule has 160 valence electrons. The van der Waals surface area contributed by atoms with Gasteiger partial charge in [0, 0.05) is 12.5 Å². The van der Waals surface area contributed by atoms with Crippen molar-refractivity contribution in [2.75, 3.05) is 6.54 Å². The maximum atomic E-state index is 12.8. The fourth-order valence-corrected chi connectivity index (χ4v) is 3.76. The van der Waals surface area contributed by atoms with E-state index in [2.05, 4.69) is 29.7 Å². The van der Waals surface area contributed by atoms with Crippen LogP contribution in [-0.4, -0.2) is 18.4 Å². The van der Waals surface area contributed by atoms with Gasteiger partial charge in [-0.1, -0.05) is 91.3 Å². The zero-order valence-corrected chi connectivity index (χ0v) is 18.3. The van der Waals surface area contributed by atoms with Gasteiger partial charge in [-0.15, -0.1) is 0 Å². The molecular formula is C26H27ClN2O2. The zero-order chi connectivity index (χ0) is 22.1. The molecule has 3 rings (SSSR count). The molecule has 3 aromatic rings. The average molecular weight is 435 g/mol. The molecule has 0 bridgehead atoms. The molecule has 0 aliphatic rings. The Bertz CT molecular complexity index is 993. The lowest BCUT2D eigenvalue weighted by Gasteiger charge is -2.21. The topological polar surface area (TPSA) is 58.2 Å². The molecule has 2 atom stereocenters. The van der Waals surface area contributed by atoms with Crippen LogP contribution < -0.4 is 10.6 Å². The number of halogens is 1. The second-order valence-corrected chi connectivity index (χ2v) is 7.85. The molecule has 0 saturated heterocycles. The maximum Gasteiger partial charge on any atom is 0.253 e. The summed E-state index contributed by atoms with van der Waals surface area (Å²) in [7, 11) is 0. The molecule has 0 spiro atoms. The Morgan fingerprint density at radius 3 is 2.03 bits per heavy atom. The summed E-state index contributed by atoms with van der Waals surface area (Å²) in [6.45, 7) is 2.67. The van der Waals surface area contributed by atoms with Crippen molar-refractivity contribution in [1.29, 1.82) is 0 Å². The summed E-state index contributed by atoms with van der Waals surface area (Å²) in [6, 6.07) is 26.1. The fourth-order valence-electron chi connectivity index (χ4n) is 3.54.